The molecule has 15 heavy (non-hydrogen) atoms. The largest absolute Gasteiger partial charge is 0.478 e. The molecule has 0 fully saturated rings. The van der Waals surface area contributed by atoms with E-state index in [0.717, 1.165) is 5.69 Å². The van der Waals surface area contributed by atoms with Gasteiger partial charge in [0.15, 0.2) is 0 Å². The van der Waals surface area contributed by atoms with Gasteiger partial charge < -0.3 is 5.11 Å². The van der Waals surface area contributed by atoms with Crippen molar-refractivity contribution in [3.63, 3.8) is 0 Å². The quantitative estimate of drug-likeness (QED) is 0.854. The van der Waals surface area contributed by atoms with E-state index in [1.165, 1.54) is 6.20 Å². The van der Waals surface area contributed by atoms with Crippen LogP contribution in [0.4, 0.5) is 0 Å². The zero-order valence-corrected chi connectivity index (χ0v) is 9.62. The molecule has 0 radical (unpaired) electrons. The smallest absolute Gasteiger partial charge is 0.340 e. The molecule has 2 aromatic heterocycles. The van der Waals surface area contributed by atoms with Crippen LogP contribution < -0.4 is 0 Å². The lowest BCUT2D eigenvalue weighted by atomic mass is 10.4. The predicted octanol–water partition coefficient (Wildman–Crippen LogP) is 1.57. The fourth-order valence-corrected chi connectivity index (χ4v) is 1.92. The molecule has 0 aliphatic heterocycles. The summed E-state index contributed by atoms with van der Waals surface area (Å²) in [6.45, 7) is 0. The molecule has 0 saturated heterocycles. The van der Waals surface area contributed by atoms with E-state index in [4.69, 9.17) is 5.11 Å². The number of hydrogen-bond acceptors (Lipinski definition) is 3. The van der Waals surface area contributed by atoms with Crippen molar-refractivity contribution in [2.75, 3.05) is 0 Å². The first-order valence-electron chi connectivity index (χ1n) is 4.07. The van der Waals surface area contributed by atoms with E-state index in [9.17, 15) is 4.79 Å². The van der Waals surface area contributed by atoms with E-state index in [-0.39, 0.29) is 5.56 Å². The topological polar surface area (TPSA) is 68.0 Å². The molecule has 0 unspecified atom stereocenters. The molecule has 0 aliphatic carbocycles. The summed E-state index contributed by atoms with van der Waals surface area (Å²) < 4.78 is 2.14. The third-order valence-electron chi connectivity index (χ3n) is 1.85. The molecule has 2 heterocycles. The van der Waals surface area contributed by atoms with Crippen molar-refractivity contribution in [2.45, 2.75) is 0 Å². The molecule has 0 bridgehead atoms. The Morgan fingerprint density at radius 1 is 1.40 bits per heavy atom. The zero-order chi connectivity index (χ0) is 10.8. The Hall–Kier alpha value is -1.44. The van der Waals surface area contributed by atoms with Gasteiger partial charge in [-0.25, -0.2) is 9.48 Å². The number of nitrogens with zero attached hydrogens (tertiary/aromatic N) is 3. The Bertz CT molecular complexity index is 495. The van der Waals surface area contributed by atoms with E-state index in [1.54, 1.807) is 29.2 Å². The highest BCUT2D eigenvalue weighted by atomic mass is 127. The second-order valence-electron chi connectivity index (χ2n) is 2.77. The van der Waals surface area contributed by atoms with Crippen molar-refractivity contribution in [2.24, 2.45) is 0 Å². The van der Waals surface area contributed by atoms with E-state index < -0.39 is 5.97 Å². The van der Waals surface area contributed by atoms with Gasteiger partial charge >= 0.3 is 5.97 Å². The average molecular weight is 315 g/mol. The normalized spacial score (nSPS) is 10.2. The summed E-state index contributed by atoms with van der Waals surface area (Å²) in [7, 11) is 0. The minimum absolute atomic E-state index is 0.201. The van der Waals surface area contributed by atoms with Crippen LogP contribution in [0.25, 0.3) is 5.69 Å². The van der Waals surface area contributed by atoms with Crippen LogP contribution in [0.1, 0.15) is 10.4 Å². The van der Waals surface area contributed by atoms with Crippen molar-refractivity contribution in [1.29, 1.82) is 0 Å². The molecule has 0 saturated carbocycles. The van der Waals surface area contributed by atoms with E-state index >= 15 is 0 Å². The maximum atomic E-state index is 10.8. The van der Waals surface area contributed by atoms with Crippen LogP contribution in [0.2, 0.25) is 0 Å². The van der Waals surface area contributed by atoms with Crippen LogP contribution in [0, 0.1) is 3.70 Å². The van der Waals surface area contributed by atoms with Gasteiger partial charge in [0, 0.05) is 12.4 Å². The van der Waals surface area contributed by atoms with E-state index in [0.29, 0.717) is 3.70 Å². The average Bonchev–Trinajstić information content (AvgIpc) is 2.61. The molecule has 0 aromatic carbocycles. The lowest BCUT2D eigenvalue weighted by Crippen LogP contribution is -2.02. The molecule has 2 aromatic rings. The van der Waals surface area contributed by atoms with Gasteiger partial charge in [0.25, 0.3) is 0 Å². The summed E-state index contributed by atoms with van der Waals surface area (Å²) in [4.78, 5) is 14.7. The van der Waals surface area contributed by atoms with Crippen molar-refractivity contribution in [3.8, 4) is 5.69 Å². The van der Waals surface area contributed by atoms with Gasteiger partial charge in [-0.2, -0.15) is 5.10 Å². The number of aromatic carboxylic acids is 1. The highest BCUT2D eigenvalue weighted by molar-refractivity contribution is 14.1. The number of halogens is 1. The fourth-order valence-electron chi connectivity index (χ4n) is 1.14. The Labute approximate surface area is 98.9 Å². The van der Waals surface area contributed by atoms with Crippen molar-refractivity contribution in [3.05, 3.63) is 40.0 Å². The van der Waals surface area contributed by atoms with Crippen molar-refractivity contribution < 1.29 is 9.90 Å². The summed E-state index contributed by atoms with van der Waals surface area (Å²) in [5.74, 6) is -0.972. The third-order valence-corrected chi connectivity index (χ3v) is 2.89. The number of carboxylic acids is 1. The Morgan fingerprint density at radius 3 is 2.60 bits per heavy atom. The minimum Gasteiger partial charge on any atom is -0.478 e. The summed E-state index contributed by atoms with van der Waals surface area (Å²) in [6.07, 6.45) is 4.60. The minimum atomic E-state index is -0.972. The molecular formula is C9H6IN3O2. The number of rotatable bonds is 2. The van der Waals surface area contributed by atoms with Crippen LogP contribution in [0.5, 0.6) is 0 Å². The lowest BCUT2D eigenvalue weighted by molar-refractivity contribution is 0.0695. The Kier molecular flexibility index (Phi) is 2.67. The first-order chi connectivity index (χ1) is 7.20. The molecule has 0 amide bonds. The zero-order valence-electron chi connectivity index (χ0n) is 7.46. The van der Waals surface area contributed by atoms with Crippen LogP contribution in [-0.2, 0) is 0 Å². The number of carboxylic acid groups (broad SMARTS) is 1. The van der Waals surface area contributed by atoms with Crippen LogP contribution in [0.3, 0.4) is 0 Å². The van der Waals surface area contributed by atoms with Gasteiger partial charge in [-0.3, -0.25) is 4.98 Å². The van der Waals surface area contributed by atoms with Gasteiger partial charge in [-0.05, 0) is 34.7 Å². The summed E-state index contributed by atoms with van der Waals surface area (Å²) in [5, 5.41) is 12.9. The van der Waals surface area contributed by atoms with Gasteiger partial charge in [0.1, 0.15) is 9.26 Å². The molecule has 0 atom stereocenters. The molecule has 76 valence electrons. The van der Waals surface area contributed by atoms with Crippen molar-refractivity contribution in [1.82, 2.24) is 14.8 Å². The van der Waals surface area contributed by atoms with Gasteiger partial charge in [0.2, 0.25) is 0 Å². The number of aromatic nitrogens is 3. The number of carbonyl (C=O) groups is 1. The summed E-state index contributed by atoms with van der Waals surface area (Å²) in [6, 6.07) is 3.53. The molecule has 2 rings (SSSR count). The molecule has 5 nitrogen and oxygen atoms in total. The molecule has 0 aliphatic rings. The maximum Gasteiger partial charge on any atom is 0.340 e. The Balaban J connectivity index is 2.52. The van der Waals surface area contributed by atoms with Gasteiger partial charge in [-0.15, -0.1) is 0 Å². The lowest BCUT2D eigenvalue weighted by Gasteiger charge is -2.01. The van der Waals surface area contributed by atoms with Gasteiger partial charge in [0.05, 0.1) is 11.9 Å². The Morgan fingerprint density at radius 2 is 2.07 bits per heavy atom. The SMILES string of the molecule is O=C(O)c1cnn(-c2ccncc2)c1I. The number of pyridine rings is 1. The molecular weight excluding hydrogens is 309 g/mol. The van der Waals surface area contributed by atoms with E-state index in [2.05, 4.69) is 10.1 Å². The standard InChI is InChI=1S/C9H6IN3O2/c10-8-7(9(14)15)5-12-13(8)6-1-3-11-4-2-6/h1-5H,(H,14,15). The summed E-state index contributed by atoms with van der Waals surface area (Å²) in [5.41, 5.74) is 0.995. The third kappa shape index (κ3) is 1.84. The molecule has 0 spiro atoms. The van der Waals surface area contributed by atoms with Gasteiger partial charge in [-0.1, -0.05) is 0 Å². The molecule has 6 heteroatoms. The molecule has 1 N–H and O–H groups in total. The summed E-state index contributed by atoms with van der Waals surface area (Å²) >= 11 is 1.95. The first kappa shape index (κ1) is 10.1. The van der Waals surface area contributed by atoms with Crippen LogP contribution >= 0.6 is 22.6 Å². The first-order valence-corrected chi connectivity index (χ1v) is 5.15. The van der Waals surface area contributed by atoms with Crippen molar-refractivity contribution >= 4 is 28.6 Å². The highest BCUT2D eigenvalue weighted by Crippen LogP contribution is 2.16. The second kappa shape index (κ2) is 3.97. The monoisotopic (exact) mass is 315 g/mol. The second-order valence-corrected chi connectivity index (χ2v) is 3.79. The van der Waals surface area contributed by atoms with E-state index in [1.807, 2.05) is 22.6 Å². The highest BCUT2D eigenvalue weighted by Gasteiger charge is 2.14. The fraction of sp³-hybridized carbons (Fsp3) is 0. The van der Waals surface area contributed by atoms with Crippen LogP contribution in [-0.4, -0.2) is 25.8 Å². The van der Waals surface area contributed by atoms with Crippen LogP contribution in [0.15, 0.2) is 30.7 Å². The predicted molar refractivity (Wildman–Crippen MR) is 61.0 cm³/mol. The number of hydrogen-bond donors (Lipinski definition) is 1. The maximum absolute atomic E-state index is 10.8.